The van der Waals surface area contributed by atoms with Crippen LogP contribution < -0.4 is 0 Å². The van der Waals surface area contributed by atoms with Gasteiger partial charge in [0.2, 0.25) is 0 Å². The first kappa shape index (κ1) is 10.9. The van der Waals surface area contributed by atoms with Gasteiger partial charge in [-0.15, -0.1) is 0 Å². The van der Waals surface area contributed by atoms with Gasteiger partial charge >= 0.3 is 5.97 Å². The van der Waals surface area contributed by atoms with Crippen LogP contribution in [0.3, 0.4) is 0 Å². The average Bonchev–Trinajstić information content (AvgIpc) is 2.71. The highest BCUT2D eigenvalue weighted by Gasteiger charge is 2.43. The molecule has 1 N–H and O–H groups in total. The molecule has 2 aliphatic heterocycles. The summed E-state index contributed by atoms with van der Waals surface area (Å²) in [6.07, 6.45) is 4.36. The Bertz CT molecular complexity index is 227. The van der Waals surface area contributed by atoms with Crippen molar-refractivity contribution in [3.05, 3.63) is 0 Å². The molecule has 0 aromatic heterocycles. The lowest BCUT2D eigenvalue weighted by atomic mass is 9.77. The molecule has 0 aromatic carbocycles. The number of rotatable bonds is 3. The molecule has 4 nitrogen and oxygen atoms in total. The van der Waals surface area contributed by atoms with Gasteiger partial charge in [-0.3, -0.25) is 4.79 Å². The number of hydrogen-bond acceptors (Lipinski definition) is 3. The number of aliphatic carboxylic acids is 1. The lowest BCUT2D eigenvalue weighted by molar-refractivity contribution is -0.160. The van der Waals surface area contributed by atoms with Gasteiger partial charge in [-0.25, -0.2) is 0 Å². The van der Waals surface area contributed by atoms with E-state index in [2.05, 4.69) is 0 Å². The third kappa shape index (κ3) is 2.32. The van der Waals surface area contributed by atoms with Crippen molar-refractivity contribution >= 4 is 5.97 Å². The summed E-state index contributed by atoms with van der Waals surface area (Å²) >= 11 is 0. The van der Waals surface area contributed by atoms with Crippen LogP contribution in [0.5, 0.6) is 0 Å². The molecule has 0 radical (unpaired) electrons. The molecule has 2 saturated heterocycles. The zero-order valence-corrected chi connectivity index (χ0v) is 8.91. The molecule has 0 saturated carbocycles. The Morgan fingerprint density at radius 2 is 2.27 bits per heavy atom. The fraction of sp³-hybridized carbons (Fsp3) is 0.909. The Kier molecular flexibility index (Phi) is 3.26. The maximum Gasteiger partial charge on any atom is 0.312 e. The normalized spacial score (nSPS) is 36.7. The predicted octanol–water partition coefficient (Wildman–Crippen LogP) is 1.44. The molecule has 2 atom stereocenters. The molecule has 2 fully saturated rings. The third-order valence-electron chi connectivity index (χ3n) is 3.42. The van der Waals surface area contributed by atoms with Crippen molar-refractivity contribution in [2.45, 2.75) is 38.2 Å². The van der Waals surface area contributed by atoms with Crippen LogP contribution in [0.1, 0.15) is 32.1 Å². The van der Waals surface area contributed by atoms with Gasteiger partial charge in [-0.2, -0.15) is 0 Å². The molecule has 2 unspecified atom stereocenters. The van der Waals surface area contributed by atoms with Crippen LogP contribution in [0.25, 0.3) is 0 Å². The minimum atomic E-state index is -0.724. The van der Waals surface area contributed by atoms with E-state index < -0.39 is 11.4 Å². The standard InChI is InChI=1S/C11H18O4/c12-10(13)11(4-2-5-14-8-11)7-9-3-1-6-15-9/h9H,1-8H2,(H,12,13). The maximum atomic E-state index is 11.3. The van der Waals surface area contributed by atoms with E-state index in [0.717, 1.165) is 32.3 Å². The highest BCUT2D eigenvalue weighted by Crippen LogP contribution is 2.36. The zero-order chi connectivity index (χ0) is 10.7. The fourth-order valence-electron chi connectivity index (χ4n) is 2.51. The average molecular weight is 214 g/mol. The van der Waals surface area contributed by atoms with Crippen LogP contribution in [-0.4, -0.2) is 37.0 Å². The van der Waals surface area contributed by atoms with E-state index in [4.69, 9.17) is 9.47 Å². The molecule has 0 bridgehead atoms. The van der Waals surface area contributed by atoms with Crippen LogP contribution in [0.2, 0.25) is 0 Å². The van der Waals surface area contributed by atoms with Gasteiger partial charge in [0.25, 0.3) is 0 Å². The number of carboxylic acid groups (broad SMARTS) is 1. The molecule has 0 aliphatic carbocycles. The van der Waals surface area contributed by atoms with Crippen LogP contribution in [0.4, 0.5) is 0 Å². The highest BCUT2D eigenvalue weighted by atomic mass is 16.5. The summed E-state index contributed by atoms with van der Waals surface area (Å²) in [6, 6.07) is 0. The first-order valence-electron chi connectivity index (χ1n) is 5.66. The summed E-state index contributed by atoms with van der Waals surface area (Å²) in [5, 5.41) is 9.31. The molecular formula is C11H18O4. The molecule has 2 rings (SSSR count). The van der Waals surface area contributed by atoms with E-state index in [1.807, 2.05) is 0 Å². The van der Waals surface area contributed by atoms with E-state index >= 15 is 0 Å². The summed E-state index contributed by atoms with van der Waals surface area (Å²) in [6.45, 7) is 1.82. The van der Waals surface area contributed by atoms with Gasteiger partial charge in [-0.1, -0.05) is 0 Å². The van der Waals surface area contributed by atoms with E-state index in [9.17, 15) is 9.90 Å². The smallest absolute Gasteiger partial charge is 0.312 e. The van der Waals surface area contributed by atoms with Crippen molar-refractivity contribution in [1.82, 2.24) is 0 Å². The predicted molar refractivity (Wildman–Crippen MR) is 53.7 cm³/mol. The van der Waals surface area contributed by atoms with Gasteiger partial charge in [0.05, 0.1) is 18.1 Å². The molecule has 86 valence electrons. The first-order chi connectivity index (χ1) is 7.23. The number of ether oxygens (including phenoxy) is 2. The Hall–Kier alpha value is -0.610. The summed E-state index contributed by atoms with van der Waals surface area (Å²) in [5.41, 5.74) is -0.687. The second kappa shape index (κ2) is 4.49. The van der Waals surface area contributed by atoms with Gasteiger partial charge in [0.1, 0.15) is 0 Å². The lowest BCUT2D eigenvalue weighted by Crippen LogP contribution is -2.42. The largest absolute Gasteiger partial charge is 0.481 e. The van der Waals surface area contributed by atoms with Gasteiger partial charge in [0, 0.05) is 13.2 Å². The first-order valence-corrected chi connectivity index (χ1v) is 5.66. The van der Waals surface area contributed by atoms with Crippen molar-refractivity contribution < 1.29 is 19.4 Å². The monoisotopic (exact) mass is 214 g/mol. The quantitative estimate of drug-likeness (QED) is 0.772. The molecular weight excluding hydrogens is 196 g/mol. The van der Waals surface area contributed by atoms with Crippen molar-refractivity contribution in [3.8, 4) is 0 Å². The second-order valence-electron chi connectivity index (χ2n) is 4.58. The van der Waals surface area contributed by atoms with Crippen LogP contribution >= 0.6 is 0 Å². The van der Waals surface area contributed by atoms with E-state index in [-0.39, 0.29) is 6.10 Å². The van der Waals surface area contributed by atoms with Crippen molar-refractivity contribution in [1.29, 1.82) is 0 Å². The van der Waals surface area contributed by atoms with Crippen LogP contribution in [-0.2, 0) is 14.3 Å². The Morgan fingerprint density at radius 1 is 1.40 bits per heavy atom. The summed E-state index contributed by atoms with van der Waals surface area (Å²) in [7, 11) is 0. The molecule has 0 spiro atoms. The van der Waals surface area contributed by atoms with Crippen LogP contribution in [0, 0.1) is 5.41 Å². The minimum absolute atomic E-state index is 0.128. The third-order valence-corrected chi connectivity index (χ3v) is 3.42. The molecule has 0 aromatic rings. The molecule has 15 heavy (non-hydrogen) atoms. The number of hydrogen-bond donors (Lipinski definition) is 1. The maximum absolute atomic E-state index is 11.3. The summed E-state index contributed by atoms with van der Waals surface area (Å²) in [4.78, 5) is 11.3. The van der Waals surface area contributed by atoms with Gasteiger partial charge < -0.3 is 14.6 Å². The SMILES string of the molecule is O=C(O)C1(CC2CCCO2)CCCOC1. The van der Waals surface area contributed by atoms with Crippen molar-refractivity contribution in [2.75, 3.05) is 19.8 Å². The van der Waals surface area contributed by atoms with Crippen LogP contribution in [0.15, 0.2) is 0 Å². The molecule has 2 heterocycles. The summed E-state index contributed by atoms with van der Waals surface area (Å²) < 4.78 is 10.8. The van der Waals surface area contributed by atoms with Gasteiger partial charge in [-0.05, 0) is 32.1 Å². The van der Waals surface area contributed by atoms with Gasteiger partial charge in [0.15, 0.2) is 0 Å². The second-order valence-corrected chi connectivity index (χ2v) is 4.58. The molecule has 4 heteroatoms. The molecule has 0 amide bonds. The molecule has 2 aliphatic rings. The Labute approximate surface area is 89.6 Å². The Morgan fingerprint density at radius 3 is 2.80 bits per heavy atom. The topological polar surface area (TPSA) is 55.8 Å². The van der Waals surface area contributed by atoms with E-state index in [1.54, 1.807) is 0 Å². The minimum Gasteiger partial charge on any atom is -0.481 e. The number of carboxylic acids is 1. The highest BCUT2D eigenvalue weighted by molar-refractivity contribution is 5.75. The zero-order valence-electron chi connectivity index (χ0n) is 8.91. The summed E-state index contributed by atoms with van der Waals surface area (Å²) in [5.74, 6) is -0.724. The Balaban J connectivity index is 2.00. The lowest BCUT2D eigenvalue weighted by Gasteiger charge is -2.34. The van der Waals surface area contributed by atoms with E-state index in [1.165, 1.54) is 0 Å². The van der Waals surface area contributed by atoms with Crippen molar-refractivity contribution in [3.63, 3.8) is 0 Å². The fourth-order valence-corrected chi connectivity index (χ4v) is 2.51. The van der Waals surface area contributed by atoms with E-state index in [0.29, 0.717) is 19.6 Å². The number of carbonyl (C=O) groups is 1. The van der Waals surface area contributed by atoms with Crippen molar-refractivity contribution in [2.24, 2.45) is 5.41 Å².